The minimum absolute atomic E-state index is 0.0684. The Morgan fingerprint density at radius 3 is 2.52 bits per heavy atom. The number of hydrogen-bond donors (Lipinski definition) is 2. The molecule has 140 valence electrons. The predicted octanol–water partition coefficient (Wildman–Crippen LogP) is 2.16. The van der Waals surface area contributed by atoms with Crippen LogP contribution in [0.15, 0.2) is 48.5 Å². The van der Waals surface area contributed by atoms with E-state index in [4.69, 9.17) is 16.3 Å². The van der Waals surface area contributed by atoms with E-state index in [0.29, 0.717) is 22.0 Å². The van der Waals surface area contributed by atoms with Gasteiger partial charge >= 0.3 is 0 Å². The Balaban J connectivity index is 1.59. The van der Waals surface area contributed by atoms with Crippen LogP contribution >= 0.6 is 11.6 Å². The van der Waals surface area contributed by atoms with Crippen LogP contribution in [0.4, 0.5) is 5.69 Å². The number of methoxy groups -OCH3 is 1. The fraction of sp³-hybridized carbons (Fsp3) is 0.211. The molecule has 3 rings (SSSR count). The summed E-state index contributed by atoms with van der Waals surface area (Å²) in [6, 6.07) is 13.5. The molecule has 1 aliphatic rings. The summed E-state index contributed by atoms with van der Waals surface area (Å²) >= 11 is 5.86. The van der Waals surface area contributed by atoms with Gasteiger partial charge in [-0.1, -0.05) is 23.7 Å². The van der Waals surface area contributed by atoms with Crippen molar-refractivity contribution in [2.24, 2.45) is 5.92 Å². The fourth-order valence-corrected chi connectivity index (χ4v) is 3.00. The number of anilines is 1. The first-order chi connectivity index (χ1) is 13.0. The van der Waals surface area contributed by atoms with E-state index < -0.39 is 17.7 Å². The number of carbonyl (C=O) groups excluding carboxylic acids is 3. The van der Waals surface area contributed by atoms with Gasteiger partial charge in [-0.05, 0) is 36.4 Å². The lowest BCUT2D eigenvalue weighted by Gasteiger charge is -2.17. The normalized spacial score (nSPS) is 16.1. The third-order valence-corrected chi connectivity index (χ3v) is 4.54. The van der Waals surface area contributed by atoms with Gasteiger partial charge < -0.3 is 9.64 Å². The van der Waals surface area contributed by atoms with Gasteiger partial charge in [0.25, 0.3) is 5.91 Å². The van der Waals surface area contributed by atoms with E-state index >= 15 is 0 Å². The first-order valence-corrected chi connectivity index (χ1v) is 8.66. The van der Waals surface area contributed by atoms with Crippen molar-refractivity contribution in [3.05, 3.63) is 59.1 Å². The number of nitrogens with one attached hydrogen (secondary N) is 2. The number of hydrogen-bond acceptors (Lipinski definition) is 4. The second-order valence-corrected chi connectivity index (χ2v) is 6.46. The molecule has 2 aromatic rings. The fourth-order valence-electron chi connectivity index (χ4n) is 2.87. The molecule has 1 aliphatic heterocycles. The van der Waals surface area contributed by atoms with Gasteiger partial charge in [-0.2, -0.15) is 0 Å². The summed E-state index contributed by atoms with van der Waals surface area (Å²) in [4.78, 5) is 38.3. The van der Waals surface area contributed by atoms with Crippen molar-refractivity contribution in [3.63, 3.8) is 0 Å². The minimum atomic E-state index is -0.564. The molecule has 0 saturated carbocycles. The highest BCUT2D eigenvalue weighted by atomic mass is 35.5. The second kappa shape index (κ2) is 8.09. The Bertz CT molecular complexity index is 870. The molecular formula is C19H18ClN3O4. The van der Waals surface area contributed by atoms with E-state index in [2.05, 4.69) is 10.9 Å². The molecule has 0 unspecified atom stereocenters. The molecule has 1 heterocycles. The van der Waals surface area contributed by atoms with Gasteiger partial charge in [-0.25, -0.2) is 0 Å². The number of amides is 3. The number of rotatable bonds is 4. The smallest absolute Gasteiger partial charge is 0.273 e. The zero-order valence-corrected chi connectivity index (χ0v) is 15.3. The largest absolute Gasteiger partial charge is 0.496 e. The lowest BCUT2D eigenvalue weighted by Crippen LogP contribution is -2.45. The molecule has 8 heteroatoms. The van der Waals surface area contributed by atoms with Crippen molar-refractivity contribution in [1.82, 2.24) is 10.9 Å². The number of para-hydroxylation sites is 1. The highest BCUT2D eigenvalue weighted by Crippen LogP contribution is 2.26. The summed E-state index contributed by atoms with van der Waals surface area (Å²) in [5.41, 5.74) is 5.72. The highest BCUT2D eigenvalue weighted by molar-refractivity contribution is 6.30. The maximum atomic E-state index is 12.4. The molecule has 1 atom stereocenters. The van der Waals surface area contributed by atoms with Crippen LogP contribution < -0.4 is 20.5 Å². The van der Waals surface area contributed by atoms with Crippen LogP contribution in [0.2, 0.25) is 5.02 Å². The molecule has 7 nitrogen and oxygen atoms in total. The van der Waals surface area contributed by atoms with Crippen LogP contribution in [-0.2, 0) is 9.59 Å². The lowest BCUT2D eigenvalue weighted by molar-refractivity contribution is -0.126. The minimum Gasteiger partial charge on any atom is -0.496 e. The van der Waals surface area contributed by atoms with Gasteiger partial charge in [-0.15, -0.1) is 0 Å². The summed E-state index contributed by atoms with van der Waals surface area (Å²) in [6.45, 7) is 0.233. The maximum Gasteiger partial charge on any atom is 0.273 e. The molecule has 2 N–H and O–H groups in total. The zero-order valence-electron chi connectivity index (χ0n) is 14.6. The molecule has 1 fully saturated rings. The third-order valence-electron chi connectivity index (χ3n) is 4.28. The van der Waals surface area contributed by atoms with E-state index in [1.807, 2.05) is 0 Å². The third kappa shape index (κ3) is 4.20. The number of halogens is 1. The van der Waals surface area contributed by atoms with Crippen LogP contribution in [0.1, 0.15) is 16.8 Å². The molecule has 0 aromatic heterocycles. The van der Waals surface area contributed by atoms with Crippen molar-refractivity contribution in [2.75, 3.05) is 18.6 Å². The molecule has 3 amide bonds. The Morgan fingerprint density at radius 2 is 1.81 bits per heavy atom. The quantitative estimate of drug-likeness (QED) is 0.787. The van der Waals surface area contributed by atoms with E-state index in [9.17, 15) is 14.4 Å². The molecule has 1 saturated heterocycles. The van der Waals surface area contributed by atoms with Gasteiger partial charge in [0.05, 0.1) is 18.6 Å². The Labute approximate surface area is 161 Å². The first kappa shape index (κ1) is 18.7. The summed E-state index contributed by atoms with van der Waals surface area (Å²) in [7, 11) is 1.46. The number of ether oxygens (including phenoxy) is 1. The number of benzene rings is 2. The van der Waals surface area contributed by atoms with Crippen LogP contribution in [0.5, 0.6) is 5.75 Å². The molecule has 27 heavy (non-hydrogen) atoms. The molecule has 0 aliphatic carbocycles. The van der Waals surface area contributed by atoms with Gasteiger partial charge in [-0.3, -0.25) is 25.2 Å². The van der Waals surface area contributed by atoms with Gasteiger partial charge in [0.2, 0.25) is 11.8 Å². The second-order valence-electron chi connectivity index (χ2n) is 6.03. The van der Waals surface area contributed by atoms with Crippen molar-refractivity contribution < 1.29 is 19.1 Å². The van der Waals surface area contributed by atoms with E-state index in [0.717, 1.165) is 0 Å². The average molecular weight is 388 g/mol. The van der Waals surface area contributed by atoms with E-state index in [1.54, 1.807) is 48.5 Å². The van der Waals surface area contributed by atoms with Crippen LogP contribution in [0.25, 0.3) is 0 Å². The van der Waals surface area contributed by atoms with Crippen molar-refractivity contribution in [2.45, 2.75) is 6.42 Å². The van der Waals surface area contributed by atoms with Crippen molar-refractivity contribution in [1.29, 1.82) is 0 Å². The molecule has 2 aromatic carbocycles. The highest BCUT2D eigenvalue weighted by Gasteiger charge is 2.35. The Morgan fingerprint density at radius 1 is 1.11 bits per heavy atom. The van der Waals surface area contributed by atoms with Crippen LogP contribution in [-0.4, -0.2) is 31.4 Å². The van der Waals surface area contributed by atoms with E-state index in [-0.39, 0.29) is 18.9 Å². The number of carbonyl (C=O) groups is 3. The summed E-state index contributed by atoms with van der Waals surface area (Å²) < 4.78 is 5.12. The maximum absolute atomic E-state index is 12.4. The topological polar surface area (TPSA) is 87.7 Å². The van der Waals surface area contributed by atoms with Gasteiger partial charge in [0, 0.05) is 23.7 Å². The Hall–Kier alpha value is -3.06. The number of hydrazine groups is 1. The molecule has 0 bridgehead atoms. The molecule has 0 radical (unpaired) electrons. The van der Waals surface area contributed by atoms with E-state index in [1.165, 1.54) is 12.0 Å². The lowest BCUT2D eigenvalue weighted by atomic mass is 10.1. The van der Waals surface area contributed by atoms with Gasteiger partial charge in [0.15, 0.2) is 0 Å². The first-order valence-electron chi connectivity index (χ1n) is 8.28. The van der Waals surface area contributed by atoms with Crippen LogP contribution in [0.3, 0.4) is 0 Å². The summed E-state index contributed by atoms with van der Waals surface area (Å²) in [6.07, 6.45) is 0.0684. The van der Waals surface area contributed by atoms with Crippen molar-refractivity contribution in [3.8, 4) is 5.75 Å². The molecular weight excluding hydrogens is 370 g/mol. The monoisotopic (exact) mass is 387 g/mol. The van der Waals surface area contributed by atoms with Crippen molar-refractivity contribution >= 4 is 35.0 Å². The molecule has 0 spiro atoms. The van der Waals surface area contributed by atoms with Gasteiger partial charge in [0.1, 0.15) is 5.75 Å². The van der Waals surface area contributed by atoms with Crippen LogP contribution in [0, 0.1) is 5.92 Å². The standard InChI is InChI=1S/C19H18ClN3O4/c1-27-16-5-3-2-4-15(16)19(26)22-21-18(25)12-10-17(24)23(11-12)14-8-6-13(20)7-9-14/h2-9,12H,10-11H2,1H3,(H,21,25)(H,22,26)/t12-/m0/s1. The number of nitrogens with zero attached hydrogens (tertiary/aromatic N) is 1. The SMILES string of the molecule is COc1ccccc1C(=O)NNC(=O)[C@H]1CC(=O)N(c2ccc(Cl)cc2)C1. The summed E-state index contributed by atoms with van der Waals surface area (Å²) in [5.74, 6) is -1.25. The Kier molecular flexibility index (Phi) is 5.61. The zero-order chi connectivity index (χ0) is 19.4. The average Bonchev–Trinajstić information content (AvgIpc) is 3.08. The summed E-state index contributed by atoms with van der Waals surface area (Å²) in [5, 5.41) is 0.568. The predicted molar refractivity (Wildman–Crippen MR) is 101 cm³/mol.